The smallest absolute Gasteiger partial charge is 0.319 e. The number of urea groups is 1. The van der Waals surface area contributed by atoms with Crippen LogP contribution in [0.4, 0.5) is 10.5 Å². The molecular formula is C18H18N2O3. The summed E-state index contributed by atoms with van der Waals surface area (Å²) in [6.45, 7) is 1.94. The Balaban J connectivity index is 1.60. The monoisotopic (exact) mass is 310 g/mol. The first-order chi connectivity index (χ1) is 11.1. The van der Waals surface area contributed by atoms with Gasteiger partial charge >= 0.3 is 6.03 Å². The number of benzene rings is 2. The van der Waals surface area contributed by atoms with Crippen molar-refractivity contribution in [2.75, 3.05) is 11.9 Å². The lowest BCUT2D eigenvalue weighted by Gasteiger charge is -2.26. The van der Waals surface area contributed by atoms with Gasteiger partial charge in [0.1, 0.15) is 12.4 Å². The van der Waals surface area contributed by atoms with Gasteiger partial charge in [0.15, 0.2) is 5.78 Å². The van der Waals surface area contributed by atoms with E-state index in [9.17, 15) is 9.59 Å². The number of carbonyl (C=O) groups excluding carboxylic acids is 2. The number of ether oxygens (including phenoxy) is 1. The summed E-state index contributed by atoms with van der Waals surface area (Å²) in [5.41, 5.74) is 2.24. The molecular weight excluding hydrogens is 292 g/mol. The van der Waals surface area contributed by atoms with Gasteiger partial charge in [0.05, 0.1) is 6.04 Å². The van der Waals surface area contributed by atoms with Crippen molar-refractivity contribution in [2.24, 2.45) is 0 Å². The van der Waals surface area contributed by atoms with Crippen LogP contribution in [0.15, 0.2) is 48.5 Å². The van der Waals surface area contributed by atoms with Crippen molar-refractivity contribution in [3.63, 3.8) is 0 Å². The summed E-state index contributed by atoms with van der Waals surface area (Å²) in [6.07, 6.45) is 0.733. The van der Waals surface area contributed by atoms with E-state index in [1.807, 2.05) is 24.3 Å². The Bertz CT molecular complexity index is 743. The van der Waals surface area contributed by atoms with Gasteiger partial charge in [-0.05, 0) is 37.1 Å². The summed E-state index contributed by atoms with van der Waals surface area (Å²) < 4.78 is 5.65. The normalized spacial score (nSPS) is 16.0. The number of nitrogens with one attached hydrogen (secondary N) is 2. The number of hydrogen-bond donors (Lipinski definition) is 2. The highest BCUT2D eigenvalue weighted by Gasteiger charge is 2.21. The molecule has 118 valence electrons. The summed E-state index contributed by atoms with van der Waals surface area (Å²) in [4.78, 5) is 23.5. The molecule has 0 fully saturated rings. The Hall–Kier alpha value is -2.82. The number of Topliss-reactive ketones (excluding diaryl/α,β-unsaturated/α-hetero) is 1. The average Bonchev–Trinajstić information content (AvgIpc) is 2.55. The van der Waals surface area contributed by atoms with Crippen LogP contribution in [0.2, 0.25) is 0 Å². The molecule has 23 heavy (non-hydrogen) atoms. The topological polar surface area (TPSA) is 67.4 Å². The summed E-state index contributed by atoms with van der Waals surface area (Å²) in [6, 6.07) is 14.3. The molecule has 1 heterocycles. The quantitative estimate of drug-likeness (QED) is 0.856. The van der Waals surface area contributed by atoms with Crippen LogP contribution in [-0.4, -0.2) is 24.5 Å². The molecule has 1 aliphatic rings. The molecule has 0 bridgehead atoms. The van der Waals surface area contributed by atoms with E-state index >= 15 is 0 Å². The fourth-order valence-electron chi connectivity index (χ4n) is 2.59. The van der Waals surface area contributed by atoms with Crippen molar-refractivity contribution in [1.29, 1.82) is 0 Å². The van der Waals surface area contributed by atoms with Gasteiger partial charge in [-0.1, -0.05) is 30.3 Å². The standard InChI is InChI=1S/C18H18N2O3/c1-12(21)13-6-4-7-15(9-13)19-18(22)20-16-10-14-5-2-3-8-17(14)23-11-16/h2-9,16H,10-11H2,1H3,(H2,19,20,22)/t16-/m1/s1. The third-order valence-electron chi connectivity index (χ3n) is 3.74. The largest absolute Gasteiger partial charge is 0.491 e. The van der Waals surface area contributed by atoms with Crippen LogP contribution in [0, 0.1) is 0 Å². The van der Waals surface area contributed by atoms with Crippen LogP contribution in [0.25, 0.3) is 0 Å². The number of rotatable bonds is 3. The van der Waals surface area contributed by atoms with Gasteiger partial charge in [-0.15, -0.1) is 0 Å². The Morgan fingerprint density at radius 3 is 2.78 bits per heavy atom. The number of ketones is 1. The fourth-order valence-corrected chi connectivity index (χ4v) is 2.59. The van der Waals surface area contributed by atoms with Crippen molar-refractivity contribution in [1.82, 2.24) is 5.32 Å². The molecule has 5 heteroatoms. The second kappa shape index (κ2) is 6.52. The van der Waals surface area contributed by atoms with E-state index < -0.39 is 0 Å². The van der Waals surface area contributed by atoms with Crippen LogP contribution in [0.5, 0.6) is 5.75 Å². The number of anilines is 1. The molecule has 5 nitrogen and oxygen atoms in total. The molecule has 2 aromatic rings. The number of carbonyl (C=O) groups is 2. The first-order valence-corrected chi connectivity index (χ1v) is 7.51. The molecule has 3 rings (SSSR count). The van der Waals surface area contributed by atoms with Crippen LogP contribution in [0.1, 0.15) is 22.8 Å². The second-order valence-electron chi connectivity index (χ2n) is 5.56. The van der Waals surface area contributed by atoms with Crippen molar-refractivity contribution >= 4 is 17.5 Å². The molecule has 2 aromatic carbocycles. The molecule has 0 radical (unpaired) electrons. The zero-order valence-electron chi connectivity index (χ0n) is 12.8. The summed E-state index contributed by atoms with van der Waals surface area (Å²) >= 11 is 0. The van der Waals surface area contributed by atoms with Gasteiger partial charge in [-0.3, -0.25) is 4.79 Å². The highest BCUT2D eigenvalue weighted by molar-refractivity contribution is 5.96. The number of amides is 2. The summed E-state index contributed by atoms with van der Waals surface area (Å²) in [5, 5.41) is 5.65. The van der Waals surface area contributed by atoms with Crippen molar-refractivity contribution < 1.29 is 14.3 Å². The molecule has 0 saturated carbocycles. The Labute approximate surface area is 134 Å². The van der Waals surface area contributed by atoms with E-state index in [1.54, 1.807) is 24.3 Å². The molecule has 0 unspecified atom stereocenters. The van der Waals surface area contributed by atoms with Crippen LogP contribution in [0.3, 0.4) is 0 Å². The van der Waals surface area contributed by atoms with Crippen molar-refractivity contribution in [2.45, 2.75) is 19.4 Å². The van der Waals surface area contributed by atoms with Gasteiger partial charge in [-0.2, -0.15) is 0 Å². The van der Waals surface area contributed by atoms with E-state index in [2.05, 4.69) is 10.6 Å². The Kier molecular flexibility index (Phi) is 4.28. The number of fused-ring (bicyclic) bond motifs is 1. The average molecular weight is 310 g/mol. The predicted octanol–water partition coefficient (Wildman–Crippen LogP) is 3.01. The van der Waals surface area contributed by atoms with Gasteiger partial charge in [0.2, 0.25) is 0 Å². The van der Waals surface area contributed by atoms with Crippen LogP contribution >= 0.6 is 0 Å². The zero-order chi connectivity index (χ0) is 16.2. The third-order valence-corrected chi connectivity index (χ3v) is 3.74. The lowest BCUT2D eigenvalue weighted by atomic mass is 10.0. The molecule has 0 aromatic heterocycles. The van der Waals surface area contributed by atoms with E-state index in [1.165, 1.54) is 6.92 Å². The van der Waals surface area contributed by atoms with E-state index in [0.717, 1.165) is 17.7 Å². The predicted molar refractivity (Wildman–Crippen MR) is 88.0 cm³/mol. The number of para-hydroxylation sites is 1. The molecule has 0 spiro atoms. The Morgan fingerprint density at radius 2 is 1.96 bits per heavy atom. The van der Waals surface area contributed by atoms with Crippen molar-refractivity contribution in [3.05, 3.63) is 59.7 Å². The van der Waals surface area contributed by atoms with Crippen LogP contribution < -0.4 is 15.4 Å². The first kappa shape index (κ1) is 15.1. The summed E-state index contributed by atoms with van der Waals surface area (Å²) in [7, 11) is 0. The van der Waals surface area contributed by atoms with E-state index in [0.29, 0.717) is 17.9 Å². The molecule has 2 N–H and O–H groups in total. The van der Waals surface area contributed by atoms with Gasteiger partial charge in [-0.25, -0.2) is 4.79 Å². The maximum Gasteiger partial charge on any atom is 0.319 e. The molecule has 2 amide bonds. The van der Waals surface area contributed by atoms with E-state index in [4.69, 9.17) is 4.74 Å². The van der Waals surface area contributed by atoms with E-state index in [-0.39, 0.29) is 17.9 Å². The highest BCUT2D eigenvalue weighted by atomic mass is 16.5. The van der Waals surface area contributed by atoms with Crippen LogP contribution in [-0.2, 0) is 6.42 Å². The molecule has 0 saturated heterocycles. The molecule has 1 aliphatic heterocycles. The lowest BCUT2D eigenvalue weighted by molar-refractivity contribution is 0.101. The van der Waals surface area contributed by atoms with Gasteiger partial charge in [0.25, 0.3) is 0 Å². The first-order valence-electron chi connectivity index (χ1n) is 7.51. The SMILES string of the molecule is CC(=O)c1cccc(NC(=O)N[C@H]2COc3ccccc3C2)c1. The molecule has 1 atom stereocenters. The minimum absolute atomic E-state index is 0.0358. The number of hydrogen-bond acceptors (Lipinski definition) is 3. The van der Waals surface area contributed by atoms with Gasteiger partial charge in [0, 0.05) is 11.3 Å². The highest BCUT2D eigenvalue weighted by Crippen LogP contribution is 2.23. The summed E-state index contributed by atoms with van der Waals surface area (Å²) in [5.74, 6) is 0.839. The Morgan fingerprint density at radius 1 is 1.13 bits per heavy atom. The van der Waals surface area contributed by atoms with Crippen molar-refractivity contribution in [3.8, 4) is 5.75 Å². The zero-order valence-corrected chi connectivity index (χ0v) is 12.8. The maximum atomic E-state index is 12.1. The third kappa shape index (κ3) is 3.69. The molecule has 0 aliphatic carbocycles. The lowest BCUT2D eigenvalue weighted by Crippen LogP contribution is -2.44. The minimum atomic E-state index is -0.307. The van der Waals surface area contributed by atoms with Gasteiger partial charge < -0.3 is 15.4 Å². The fraction of sp³-hybridized carbons (Fsp3) is 0.222. The maximum absolute atomic E-state index is 12.1. The minimum Gasteiger partial charge on any atom is -0.491 e. The second-order valence-corrected chi connectivity index (χ2v) is 5.56.